The molecule has 0 N–H and O–H groups in total. The Kier molecular flexibility index (Phi) is 2.17. The molecule has 2 nitrogen and oxygen atoms in total. The van der Waals surface area contributed by atoms with Crippen molar-refractivity contribution < 1.29 is 9.53 Å². The molecule has 0 spiro atoms. The Balaban J connectivity index is 1.76. The van der Waals surface area contributed by atoms with Gasteiger partial charge in [0.25, 0.3) is 0 Å². The van der Waals surface area contributed by atoms with Gasteiger partial charge in [-0.05, 0) is 51.4 Å². The first kappa shape index (κ1) is 11.5. The molecule has 17 heavy (non-hydrogen) atoms. The molecular weight excluding hydrogens is 212 g/mol. The Morgan fingerprint density at radius 3 is 2.76 bits per heavy atom. The molecule has 0 amide bonds. The molecule has 2 bridgehead atoms. The highest BCUT2D eigenvalue weighted by atomic mass is 16.6. The van der Waals surface area contributed by atoms with Crippen LogP contribution in [0.4, 0.5) is 0 Å². The van der Waals surface area contributed by atoms with Crippen LogP contribution in [-0.2, 0) is 9.53 Å². The van der Waals surface area contributed by atoms with E-state index in [1.807, 2.05) is 0 Å². The first-order valence-electron chi connectivity index (χ1n) is 6.74. The van der Waals surface area contributed by atoms with Crippen LogP contribution in [0.1, 0.15) is 47.0 Å². The number of hydrogen-bond donors (Lipinski definition) is 0. The van der Waals surface area contributed by atoms with E-state index in [1.54, 1.807) is 0 Å². The second kappa shape index (κ2) is 3.23. The molecule has 0 aromatic rings. The third-order valence-corrected chi connectivity index (χ3v) is 5.43. The van der Waals surface area contributed by atoms with E-state index in [4.69, 9.17) is 4.74 Å². The molecule has 1 saturated heterocycles. The van der Waals surface area contributed by atoms with E-state index in [2.05, 4.69) is 33.8 Å². The Hall–Kier alpha value is -0.630. The van der Waals surface area contributed by atoms with E-state index in [0.717, 1.165) is 19.3 Å². The van der Waals surface area contributed by atoms with E-state index >= 15 is 0 Å². The van der Waals surface area contributed by atoms with Gasteiger partial charge in [-0.1, -0.05) is 18.6 Å². The summed E-state index contributed by atoms with van der Waals surface area (Å²) in [6, 6.07) is 0. The van der Waals surface area contributed by atoms with Gasteiger partial charge < -0.3 is 4.74 Å². The highest BCUT2D eigenvalue weighted by Crippen LogP contribution is 2.70. The molecule has 4 aliphatic rings. The molecule has 94 valence electrons. The number of carbonyl (C=O) groups excluding carboxylic acids is 1. The zero-order valence-corrected chi connectivity index (χ0v) is 11.2. The average Bonchev–Trinajstić information content (AvgIpc) is 2.90. The topological polar surface area (TPSA) is 29.6 Å². The van der Waals surface area contributed by atoms with Gasteiger partial charge >= 0.3 is 0 Å². The largest absolute Gasteiger partial charge is 0.358 e. The van der Waals surface area contributed by atoms with Crippen molar-refractivity contribution in [2.24, 2.45) is 17.3 Å². The molecule has 0 aromatic heterocycles. The minimum Gasteiger partial charge on any atom is -0.358 e. The lowest BCUT2D eigenvalue weighted by molar-refractivity contribution is -0.152. The van der Waals surface area contributed by atoms with Crippen LogP contribution in [0.3, 0.4) is 0 Å². The summed E-state index contributed by atoms with van der Waals surface area (Å²) >= 11 is 0. The average molecular weight is 234 g/mol. The highest BCUT2D eigenvalue weighted by Gasteiger charge is 2.77. The molecule has 5 atom stereocenters. The van der Waals surface area contributed by atoms with Crippen molar-refractivity contribution in [2.75, 3.05) is 0 Å². The number of hydrogen-bond acceptors (Lipinski definition) is 2. The molecule has 1 aliphatic heterocycles. The van der Waals surface area contributed by atoms with Gasteiger partial charge in [-0.2, -0.15) is 0 Å². The fourth-order valence-corrected chi connectivity index (χ4v) is 4.21. The predicted molar refractivity (Wildman–Crippen MR) is 66.7 cm³/mol. The quantitative estimate of drug-likeness (QED) is 0.554. The van der Waals surface area contributed by atoms with Gasteiger partial charge in [-0.15, -0.1) is 0 Å². The monoisotopic (exact) mass is 234 g/mol. The van der Waals surface area contributed by atoms with E-state index in [0.29, 0.717) is 11.7 Å². The Morgan fingerprint density at radius 2 is 2.18 bits per heavy atom. The van der Waals surface area contributed by atoms with Crippen LogP contribution in [0.2, 0.25) is 0 Å². The standard InChI is InChI=1S/C15H22O2/c1-9(2)6-5-7-14(3)10-8-11(14)15(4)13(17-15)12(10)16/h6,10-11,13H,5,7-8H2,1-4H3/t10-,11-,13+,14-,15-/m1/s1. The van der Waals surface area contributed by atoms with Gasteiger partial charge in [0.05, 0.1) is 0 Å². The molecule has 4 fully saturated rings. The fourth-order valence-electron chi connectivity index (χ4n) is 4.21. The van der Waals surface area contributed by atoms with Gasteiger partial charge in [-0.25, -0.2) is 0 Å². The van der Waals surface area contributed by atoms with Crippen LogP contribution in [0, 0.1) is 17.3 Å². The van der Waals surface area contributed by atoms with Gasteiger partial charge in [-0.3, -0.25) is 4.79 Å². The molecule has 0 unspecified atom stereocenters. The lowest BCUT2D eigenvalue weighted by Gasteiger charge is -2.58. The number of ether oxygens (including phenoxy) is 1. The number of epoxide rings is 1. The Morgan fingerprint density at radius 1 is 1.47 bits per heavy atom. The smallest absolute Gasteiger partial charge is 0.168 e. The predicted octanol–water partition coefficient (Wildman–Crippen LogP) is 3.12. The summed E-state index contributed by atoms with van der Waals surface area (Å²) in [5, 5.41) is 0. The van der Waals surface area contributed by atoms with E-state index < -0.39 is 0 Å². The van der Waals surface area contributed by atoms with Crippen molar-refractivity contribution in [1.29, 1.82) is 0 Å². The summed E-state index contributed by atoms with van der Waals surface area (Å²) in [6.07, 6.45) is 5.53. The van der Waals surface area contributed by atoms with E-state index in [-0.39, 0.29) is 23.0 Å². The normalized spacial score (nSPS) is 50.4. The lowest BCUT2D eigenvalue weighted by atomic mass is 9.43. The van der Waals surface area contributed by atoms with E-state index in [1.165, 1.54) is 5.57 Å². The molecule has 4 rings (SSSR count). The molecular formula is C15H22O2. The number of ketones is 1. The number of Topliss-reactive ketones (excluding diaryl/α,β-unsaturated/α-hetero) is 1. The third-order valence-electron chi connectivity index (χ3n) is 5.43. The van der Waals surface area contributed by atoms with Gasteiger partial charge in [0.2, 0.25) is 0 Å². The zero-order valence-electron chi connectivity index (χ0n) is 11.2. The summed E-state index contributed by atoms with van der Waals surface area (Å²) < 4.78 is 5.69. The minimum absolute atomic E-state index is 0.0530. The second-order valence-electron chi connectivity index (χ2n) is 6.75. The summed E-state index contributed by atoms with van der Waals surface area (Å²) in [7, 11) is 0. The van der Waals surface area contributed by atoms with Crippen LogP contribution in [0.5, 0.6) is 0 Å². The van der Waals surface area contributed by atoms with Crippen LogP contribution < -0.4 is 0 Å². The molecule has 2 heteroatoms. The van der Waals surface area contributed by atoms with Crippen LogP contribution in [0.25, 0.3) is 0 Å². The van der Waals surface area contributed by atoms with Crippen molar-refractivity contribution in [3.63, 3.8) is 0 Å². The number of rotatable bonds is 3. The maximum absolute atomic E-state index is 12.2. The van der Waals surface area contributed by atoms with Crippen LogP contribution in [0.15, 0.2) is 11.6 Å². The first-order valence-corrected chi connectivity index (χ1v) is 6.74. The van der Waals surface area contributed by atoms with Crippen molar-refractivity contribution in [1.82, 2.24) is 0 Å². The fraction of sp³-hybridized carbons (Fsp3) is 0.800. The van der Waals surface area contributed by atoms with Crippen molar-refractivity contribution in [2.45, 2.75) is 58.7 Å². The maximum Gasteiger partial charge on any atom is 0.168 e. The zero-order chi connectivity index (χ0) is 12.4. The summed E-state index contributed by atoms with van der Waals surface area (Å²) in [5.41, 5.74) is 1.47. The summed E-state index contributed by atoms with van der Waals surface area (Å²) in [6.45, 7) is 8.70. The highest BCUT2D eigenvalue weighted by molar-refractivity contribution is 5.93. The third kappa shape index (κ3) is 1.33. The lowest BCUT2D eigenvalue weighted by Crippen LogP contribution is -2.62. The summed E-state index contributed by atoms with van der Waals surface area (Å²) in [4.78, 5) is 12.2. The Labute approximate surface area is 103 Å². The SMILES string of the molecule is CC(C)=CCC[C@]1(C)[C@@H]2C[C@H]1[C@@]1(C)O[C@H]1C2=O. The Bertz CT molecular complexity index is 407. The van der Waals surface area contributed by atoms with Gasteiger partial charge in [0.1, 0.15) is 11.7 Å². The minimum atomic E-state index is -0.106. The van der Waals surface area contributed by atoms with E-state index in [9.17, 15) is 4.79 Å². The number of allylic oxidation sites excluding steroid dienone is 2. The molecule has 1 heterocycles. The molecule has 3 saturated carbocycles. The van der Waals surface area contributed by atoms with Gasteiger partial charge in [0.15, 0.2) is 5.78 Å². The first-order chi connectivity index (χ1) is 7.89. The summed E-state index contributed by atoms with van der Waals surface area (Å²) in [5.74, 6) is 1.27. The molecule has 0 radical (unpaired) electrons. The van der Waals surface area contributed by atoms with Crippen molar-refractivity contribution in [3.8, 4) is 0 Å². The number of carbonyl (C=O) groups is 1. The maximum atomic E-state index is 12.2. The van der Waals surface area contributed by atoms with Crippen LogP contribution >= 0.6 is 0 Å². The molecule has 3 aliphatic carbocycles. The van der Waals surface area contributed by atoms with Gasteiger partial charge in [0, 0.05) is 5.92 Å². The van der Waals surface area contributed by atoms with Crippen molar-refractivity contribution >= 4 is 5.78 Å². The second-order valence-corrected chi connectivity index (χ2v) is 6.75. The van der Waals surface area contributed by atoms with Crippen molar-refractivity contribution in [3.05, 3.63) is 11.6 Å². The van der Waals surface area contributed by atoms with Crippen LogP contribution in [-0.4, -0.2) is 17.5 Å². The molecule has 0 aromatic carbocycles.